The van der Waals surface area contributed by atoms with E-state index in [0.29, 0.717) is 19.0 Å². The van der Waals surface area contributed by atoms with E-state index in [1.54, 1.807) is 4.90 Å². The molecule has 170 valence electrons. The quantitative estimate of drug-likeness (QED) is 0.436. The molecule has 1 aromatic heterocycles. The molecule has 0 atom stereocenters. The van der Waals surface area contributed by atoms with E-state index in [4.69, 9.17) is 10.4 Å². The van der Waals surface area contributed by atoms with Crippen molar-refractivity contribution in [3.63, 3.8) is 0 Å². The fourth-order valence-corrected chi connectivity index (χ4v) is 5.02. The predicted octanol–water partition coefficient (Wildman–Crippen LogP) is 3.88. The van der Waals surface area contributed by atoms with Gasteiger partial charge in [-0.2, -0.15) is 10.4 Å². The Morgan fingerprint density at radius 1 is 0.882 bits per heavy atom. The Labute approximate surface area is 201 Å². The van der Waals surface area contributed by atoms with Gasteiger partial charge in [0.15, 0.2) is 0 Å². The molecular weight excluding hydrogens is 418 g/mol. The fraction of sp³-hybridized carbons (Fsp3) is 0.241. The third-order valence-electron chi connectivity index (χ3n) is 6.70. The standard InChI is InChI=1S/C29H29N5/c30-16-9-17-33-23-26(27-14-7-8-15-28(27)33)22-31-34-20-18-32(19-21-34)29(24-10-3-1-4-11-24)25-12-5-2-6-13-25/h1-8,10-15,22-23,29H,9,17-21H2/p+1. The van der Waals surface area contributed by atoms with Crippen LogP contribution in [0.25, 0.3) is 10.9 Å². The van der Waals surface area contributed by atoms with Crippen LogP contribution in [0.1, 0.15) is 29.2 Å². The number of para-hydroxylation sites is 1. The highest BCUT2D eigenvalue weighted by molar-refractivity contribution is 5.99. The Balaban J connectivity index is 1.30. The molecule has 0 saturated carbocycles. The molecule has 0 amide bonds. The van der Waals surface area contributed by atoms with E-state index >= 15 is 0 Å². The number of nitriles is 1. The first-order chi connectivity index (χ1) is 16.8. The highest BCUT2D eigenvalue weighted by Gasteiger charge is 2.29. The molecule has 0 aliphatic carbocycles. The van der Waals surface area contributed by atoms with E-state index in [1.165, 1.54) is 16.5 Å². The molecule has 34 heavy (non-hydrogen) atoms. The third-order valence-corrected chi connectivity index (χ3v) is 6.70. The third kappa shape index (κ3) is 4.73. The number of nitrogens with zero attached hydrogens (tertiary/aromatic N) is 4. The largest absolute Gasteiger partial charge is 0.346 e. The van der Waals surface area contributed by atoms with Crippen LogP contribution in [-0.2, 0) is 6.54 Å². The average Bonchev–Trinajstić information content (AvgIpc) is 3.26. The minimum atomic E-state index is 0.339. The number of aryl methyl sites for hydroxylation is 1. The summed E-state index contributed by atoms with van der Waals surface area (Å²) < 4.78 is 2.16. The number of aromatic nitrogens is 1. The maximum atomic E-state index is 8.99. The van der Waals surface area contributed by atoms with Gasteiger partial charge in [0, 0.05) is 40.3 Å². The first-order valence-corrected chi connectivity index (χ1v) is 12.0. The zero-order valence-electron chi connectivity index (χ0n) is 19.3. The molecule has 5 nitrogen and oxygen atoms in total. The van der Waals surface area contributed by atoms with Crippen molar-refractivity contribution in [2.75, 3.05) is 26.2 Å². The molecule has 0 unspecified atom stereocenters. The number of piperazine rings is 1. The topological polar surface area (TPSA) is 48.8 Å². The lowest BCUT2D eigenvalue weighted by atomic mass is 9.96. The van der Waals surface area contributed by atoms with E-state index in [-0.39, 0.29) is 0 Å². The molecule has 3 aromatic carbocycles. The van der Waals surface area contributed by atoms with Crippen molar-refractivity contribution < 1.29 is 4.90 Å². The maximum absolute atomic E-state index is 8.99. The number of hydrogen-bond acceptors (Lipinski definition) is 3. The number of rotatable bonds is 7. The van der Waals surface area contributed by atoms with Crippen LogP contribution >= 0.6 is 0 Å². The minimum absolute atomic E-state index is 0.339. The van der Waals surface area contributed by atoms with Crippen LogP contribution in [0.3, 0.4) is 0 Å². The van der Waals surface area contributed by atoms with E-state index in [0.717, 1.165) is 37.3 Å². The van der Waals surface area contributed by atoms with Gasteiger partial charge in [-0.1, -0.05) is 78.9 Å². The van der Waals surface area contributed by atoms with E-state index < -0.39 is 0 Å². The van der Waals surface area contributed by atoms with E-state index in [2.05, 4.69) is 101 Å². The summed E-state index contributed by atoms with van der Waals surface area (Å²) in [6.07, 6.45) is 4.61. The summed E-state index contributed by atoms with van der Waals surface area (Å²) >= 11 is 0. The van der Waals surface area contributed by atoms with Gasteiger partial charge >= 0.3 is 0 Å². The van der Waals surface area contributed by atoms with E-state index in [9.17, 15) is 0 Å². The molecule has 1 saturated heterocycles. The zero-order chi connectivity index (χ0) is 23.2. The minimum Gasteiger partial charge on any atom is -0.346 e. The summed E-state index contributed by atoms with van der Waals surface area (Å²) in [5, 5.41) is 17.2. The Kier molecular flexibility index (Phi) is 6.69. The number of hydrazone groups is 1. The molecule has 2 heterocycles. The summed E-state index contributed by atoms with van der Waals surface area (Å²) in [5.74, 6) is 0. The Morgan fingerprint density at radius 3 is 2.15 bits per heavy atom. The maximum Gasteiger partial charge on any atom is 0.139 e. The van der Waals surface area contributed by atoms with Gasteiger partial charge in [-0.25, -0.2) is 0 Å². The summed E-state index contributed by atoms with van der Waals surface area (Å²) in [6.45, 7) is 4.63. The molecule has 5 rings (SSSR count). The molecule has 1 fully saturated rings. The normalized spacial score (nSPS) is 14.8. The highest BCUT2D eigenvalue weighted by Crippen LogP contribution is 2.21. The lowest BCUT2D eigenvalue weighted by Gasteiger charge is -2.35. The van der Waals surface area contributed by atoms with Crippen molar-refractivity contribution in [2.24, 2.45) is 5.10 Å². The molecule has 4 aromatic rings. The summed E-state index contributed by atoms with van der Waals surface area (Å²) in [7, 11) is 0. The lowest BCUT2D eigenvalue weighted by Crippen LogP contribution is -3.15. The molecule has 0 bridgehead atoms. The van der Waals surface area contributed by atoms with Crippen LogP contribution in [-0.4, -0.2) is 42.0 Å². The molecule has 0 radical (unpaired) electrons. The molecular formula is C29H30N5+. The van der Waals surface area contributed by atoms with Crippen LogP contribution in [0, 0.1) is 11.3 Å². The van der Waals surface area contributed by atoms with Gasteiger partial charge in [0.25, 0.3) is 0 Å². The van der Waals surface area contributed by atoms with Crippen molar-refractivity contribution in [2.45, 2.75) is 19.0 Å². The van der Waals surface area contributed by atoms with Gasteiger partial charge in [0.05, 0.1) is 44.9 Å². The summed E-state index contributed by atoms with van der Waals surface area (Å²) in [6, 6.07) is 32.6. The van der Waals surface area contributed by atoms with Crippen LogP contribution in [0.4, 0.5) is 0 Å². The van der Waals surface area contributed by atoms with Gasteiger partial charge in [0.2, 0.25) is 0 Å². The molecule has 1 aliphatic heterocycles. The van der Waals surface area contributed by atoms with Gasteiger partial charge in [-0.05, 0) is 6.07 Å². The van der Waals surface area contributed by atoms with Crippen LogP contribution < -0.4 is 4.90 Å². The summed E-state index contributed by atoms with van der Waals surface area (Å²) in [4.78, 5) is 1.58. The number of quaternary nitrogens is 1. The molecule has 5 heteroatoms. The average molecular weight is 449 g/mol. The SMILES string of the molecule is N#CCCn1cc(C=NN2CC[NH+](C(c3ccccc3)c3ccccc3)CC2)c2ccccc21. The van der Waals surface area contributed by atoms with Crippen molar-refractivity contribution in [3.05, 3.63) is 108 Å². The second-order valence-corrected chi connectivity index (χ2v) is 8.81. The van der Waals surface area contributed by atoms with Crippen LogP contribution in [0.2, 0.25) is 0 Å². The number of fused-ring (bicyclic) bond motifs is 1. The monoisotopic (exact) mass is 448 g/mol. The van der Waals surface area contributed by atoms with Crippen molar-refractivity contribution >= 4 is 17.1 Å². The van der Waals surface area contributed by atoms with Crippen molar-refractivity contribution in [3.8, 4) is 6.07 Å². The number of benzene rings is 3. The second kappa shape index (κ2) is 10.4. The Morgan fingerprint density at radius 2 is 1.50 bits per heavy atom. The number of nitrogens with one attached hydrogen (secondary N) is 1. The predicted molar refractivity (Wildman–Crippen MR) is 137 cm³/mol. The van der Waals surface area contributed by atoms with Gasteiger partial charge in [-0.15, -0.1) is 0 Å². The van der Waals surface area contributed by atoms with Crippen LogP contribution in [0.5, 0.6) is 0 Å². The first kappa shape index (κ1) is 21.9. The zero-order valence-corrected chi connectivity index (χ0v) is 19.3. The Bertz CT molecular complexity index is 1240. The van der Waals surface area contributed by atoms with Crippen molar-refractivity contribution in [1.82, 2.24) is 9.58 Å². The molecule has 1 N–H and O–H groups in total. The fourth-order valence-electron chi connectivity index (χ4n) is 5.02. The van der Waals surface area contributed by atoms with Gasteiger partial charge in [0.1, 0.15) is 6.04 Å². The highest BCUT2D eigenvalue weighted by atomic mass is 15.5. The van der Waals surface area contributed by atoms with Crippen LogP contribution in [0.15, 0.2) is 96.2 Å². The van der Waals surface area contributed by atoms with Gasteiger partial charge < -0.3 is 9.47 Å². The first-order valence-electron chi connectivity index (χ1n) is 12.0. The smallest absolute Gasteiger partial charge is 0.139 e. The molecule has 1 aliphatic rings. The number of hydrogen-bond donors (Lipinski definition) is 1. The summed E-state index contributed by atoms with van der Waals surface area (Å²) in [5.41, 5.74) is 4.99. The lowest BCUT2D eigenvalue weighted by molar-refractivity contribution is -0.929. The van der Waals surface area contributed by atoms with E-state index in [1.807, 2.05) is 12.3 Å². The molecule has 0 spiro atoms. The second-order valence-electron chi connectivity index (χ2n) is 8.81. The van der Waals surface area contributed by atoms with Gasteiger partial charge in [-0.3, -0.25) is 5.01 Å². The van der Waals surface area contributed by atoms with Crippen molar-refractivity contribution in [1.29, 1.82) is 5.26 Å². The Hall–Kier alpha value is -3.88.